The molecule has 0 aromatic heterocycles. The molecule has 11 aliphatic rings. The maximum Gasteiger partial charge on any atom is 0.0132 e. The van der Waals surface area contributed by atoms with Gasteiger partial charge >= 0.3 is 0 Å². The minimum absolute atomic E-state index is 0.939. The molecule has 15 atom stereocenters. The smallest absolute Gasteiger partial charge is 0.0132 e. The summed E-state index contributed by atoms with van der Waals surface area (Å²) in [6.07, 6.45) is 54.1. The zero-order valence-corrected chi connectivity index (χ0v) is 35.5. The molecular formula is C53H87N. The molecule has 0 heterocycles. The van der Waals surface area contributed by atoms with Crippen molar-refractivity contribution in [2.75, 3.05) is 0 Å². The first-order chi connectivity index (χ1) is 26.8. The second kappa shape index (κ2) is 16.2. The van der Waals surface area contributed by atoms with Crippen molar-refractivity contribution < 1.29 is 0 Å². The largest absolute Gasteiger partial charge is 0.294 e. The molecule has 11 fully saturated rings. The van der Waals surface area contributed by atoms with Gasteiger partial charge in [0.2, 0.25) is 0 Å². The predicted molar refractivity (Wildman–Crippen MR) is 226 cm³/mol. The molecule has 0 aromatic rings. The summed E-state index contributed by atoms with van der Waals surface area (Å²) in [5.41, 5.74) is 0. The SMILES string of the molecule is C1CCC(C2CC3CCCC(C4CCCC5CC6C(C7CCC(N(C8CCCCC8)C8CCCC9C%10CCCCC%10CC98)CC7)CCCC6C54)C3C2)CC1. The van der Waals surface area contributed by atoms with Crippen LogP contribution < -0.4 is 0 Å². The van der Waals surface area contributed by atoms with Crippen LogP contribution in [0.2, 0.25) is 0 Å². The van der Waals surface area contributed by atoms with Gasteiger partial charge in [0.25, 0.3) is 0 Å². The van der Waals surface area contributed by atoms with E-state index in [1.807, 2.05) is 0 Å². The number of nitrogens with zero attached hydrogens (tertiary/aromatic N) is 1. The molecule has 1 heteroatoms. The summed E-state index contributed by atoms with van der Waals surface area (Å²) < 4.78 is 0. The zero-order valence-electron chi connectivity index (χ0n) is 35.5. The molecule has 0 amide bonds. The Morgan fingerprint density at radius 2 is 0.704 bits per heavy atom. The fraction of sp³-hybridized carbons (Fsp3) is 1.00. The van der Waals surface area contributed by atoms with Crippen LogP contribution in [0.5, 0.6) is 0 Å². The molecule has 0 aromatic carbocycles. The Balaban J connectivity index is 0.772. The minimum atomic E-state index is 0.939. The minimum Gasteiger partial charge on any atom is -0.294 e. The van der Waals surface area contributed by atoms with E-state index in [2.05, 4.69) is 4.90 Å². The Morgan fingerprint density at radius 3 is 1.52 bits per heavy atom. The van der Waals surface area contributed by atoms with Crippen molar-refractivity contribution in [1.29, 1.82) is 0 Å². The number of hydrogen-bond donors (Lipinski definition) is 0. The van der Waals surface area contributed by atoms with Gasteiger partial charge in [0.1, 0.15) is 0 Å². The third-order valence-electron chi connectivity index (χ3n) is 22.0. The maximum absolute atomic E-state index is 3.40. The van der Waals surface area contributed by atoms with Gasteiger partial charge in [-0.25, -0.2) is 0 Å². The Bertz CT molecular complexity index is 1220. The monoisotopic (exact) mass is 738 g/mol. The average molecular weight is 738 g/mol. The van der Waals surface area contributed by atoms with E-state index in [-0.39, 0.29) is 0 Å². The Labute approximate surface area is 334 Å². The first-order valence-electron chi connectivity index (χ1n) is 26.6. The molecule has 54 heavy (non-hydrogen) atoms. The zero-order chi connectivity index (χ0) is 35.6. The van der Waals surface area contributed by atoms with Crippen molar-refractivity contribution in [2.24, 2.45) is 94.7 Å². The van der Waals surface area contributed by atoms with Gasteiger partial charge in [0.05, 0.1) is 0 Å². The van der Waals surface area contributed by atoms with E-state index in [0.717, 1.165) is 113 Å². The van der Waals surface area contributed by atoms with Gasteiger partial charge in [-0.1, -0.05) is 109 Å². The standard InChI is InChI=1S/C53H87N/c1-3-13-35(14-4-1)40-31-37-16-9-22-46(49(37)34-40)47-24-10-17-39-33-50-43(21-11-25-48(50)53(39)47)36-27-29-42(30-28-36)54(41-18-5-2-6-19-41)52-26-12-23-45-44-20-8-7-15-38(44)32-51(45)52/h35-53H,1-34H2. The van der Waals surface area contributed by atoms with Crippen LogP contribution in [0.15, 0.2) is 0 Å². The quantitative estimate of drug-likeness (QED) is 0.262. The van der Waals surface area contributed by atoms with Gasteiger partial charge in [0, 0.05) is 18.1 Å². The molecule has 0 aliphatic heterocycles. The first-order valence-corrected chi connectivity index (χ1v) is 26.6. The predicted octanol–water partition coefficient (Wildman–Crippen LogP) is 14.7. The Kier molecular flexibility index (Phi) is 11.1. The summed E-state index contributed by atoms with van der Waals surface area (Å²) in [4.78, 5) is 3.40. The molecule has 11 saturated carbocycles. The highest BCUT2D eigenvalue weighted by Gasteiger charge is 2.57. The highest BCUT2D eigenvalue weighted by Crippen LogP contribution is 2.64. The number of fused-ring (bicyclic) bond motifs is 7. The molecule has 0 saturated heterocycles. The summed E-state index contributed by atoms with van der Waals surface area (Å²) in [6.45, 7) is 0. The molecule has 1 nitrogen and oxygen atoms in total. The van der Waals surface area contributed by atoms with Gasteiger partial charge in [0.15, 0.2) is 0 Å². The van der Waals surface area contributed by atoms with Crippen molar-refractivity contribution in [3.8, 4) is 0 Å². The van der Waals surface area contributed by atoms with Crippen LogP contribution in [0.25, 0.3) is 0 Å². The van der Waals surface area contributed by atoms with Crippen LogP contribution in [0.3, 0.4) is 0 Å². The van der Waals surface area contributed by atoms with E-state index in [1.54, 1.807) is 193 Å². The Hall–Kier alpha value is -0.0400. The van der Waals surface area contributed by atoms with Crippen LogP contribution in [-0.2, 0) is 0 Å². The normalized spacial score (nSPS) is 51.6. The highest BCUT2D eigenvalue weighted by atomic mass is 15.2. The van der Waals surface area contributed by atoms with Crippen LogP contribution in [-0.4, -0.2) is 23.0 Å². The van der Waals surface area contributed by atoms with Gasteiger partial charge in [-0.2, -0.15) is 0 Å². The van der Waals surface area contributed by atoms with E-state index in [4.69, 9.17) is 0 Å². The van der Waals surface area contributed by atoms with Crippen molar-refractivity contribution in [3.05, 3.63) is 0 Å². The van der Waals surface area contributed by atoms with Crippen LogP contribution in [0.1, 0.15) is 218 Å². The van der Waals surface area contributed by atoms with Gasteiger partial charge in [-0.3, -0.25) is 4.90 Å². The van der Waals surface area contributed by atoms with E-state index in [9.17, 15) is 0 Å². The van der Waals surface area contributed by atoms with E-state index in [0.29, 0.717) is 0 Å². The van der Waals surface area contributed by atoms with Crippen LogP contribution in [0.4, 0.5) is 0 Å². The van der Waals surface area contributed by atoms with Crippen molar-refractivity contribution in [3.63, 3.8) is 0 Å². The molecule has 304 valence electrons. The second-order valence-electron chi connectivity index (χ2n) is 23.8. The fourth-order valence-electron chi connectivity index (χ4n) is 20.3. The highest BCUT2D eigenvalue weighted by molar-refractivity contribution is 5.07. The van der Waals surface area contributed by atoms with Crippen LogP contribution >= 0.6 is 0 Å². The molecule has 0 radical (unpaired) electrons. The molecule has 11 aliphatic carbocycles. The van der Waals surface area contributed by atoms with Gasteiger partial charge < -0.3 is 0 Å². The van der Waals surface area contributed by atoms with Crippen molar-refractivity contribution >= 4 is 0 Å². The number of hydrogen-bond acceptors (Lipinski definition) is 1. The third kappa shape index (κ3) is 6.79. The lowest BCUT2D eigenvalue weighted by atomic mass is 9.57. The second-order valence-corrected chi connectivity index (χ2v) is 23.8. The lowest BCUT2D eigenvalue weighted by Gasteiger charge is -2.52. The summed E-state index contributed by atoms with van der Waals surface area (Å²) in [6, 6.07) is 2.84. The number of rotatable bonds is 6. The van der Waals surface area contributed by atoms with E-state index in [1.165, 1.54) is 25.7 Å². The third-order valence-corrected chi connectivity index (χ3v) is 22.0. The molecule has 0 spiro atoms. The van der Waals surface area contributed by atoms with Crippen LogP contribution in [0, 0.1) is 94.7 Å². The summed E-state index contributed by atoms with van der Waals surface area (Å²) in [7, 11) is 0. The summed E-state index contributed by atoms with van der Waals surface area (Å²) in [5, 5.41) is 0. The van der Waals surface area contributed by atoms with Gasteiger partial charge in [-0.05, 0) is 204 Å². The van der Waals surface area contributed by atoms with Gasteiger partial charge in [-0.15, -0.1) is 0 Å². The maximum atomic E-state index is 3.40. The molecule has 11 rings (SSSR count). The van der Waals surface area contributed by atoms with E-state index < -0.39 is 0 Å². The van der Waals surface area contributed by atoms with Crippen molar-refractivity contribution in [1.82, 2.24) is 4.90 Å². The first kappa shape index (κ1) is 37.0. The molecular weight excluding hydrogens is 651 g/mol. The topological polar surface area (TPSA) is 3.24 Å². The van der Waals surface area contributed by atoms with Crippen molar-refractivity contribution in [2.45, 2.75) is 236 Å². The lowest BCUT2D eigenvalue weighted by molar-refractivity contribution is -0.0321. The molecule has 15 unspecified atom stereocenters. The molecule has 0 N–H and O–H groups in total. The lowest BCUT2D eigenvalue weighted by Crippen LogP contribution is -2.55. The fourth-order valence-corrected chi connectivity index (χ4v) is 20.3. The average Bonchev–Trinajstić information content (AvgIpc) is 3.96. The summed E-state index contributed by atoms with van der Waals surface area (Å²) in [5.74, 6) is 17.9. The summed E-state index contributed by atoms with van der Waals surface area (Å²) >= 11 is 0. The Morgan fingerprint density at radius 1 is 0.222 bits per heavy atom. The van der Waals surface area contributed by atoms with E-state index >= 15 is 0 Å². The molecule has 0 bridgehead atoms.